The Labute approximate surface area is 179 Å². The molecular weight excluding hydrogens is 412 g/mol. The van der Waals surface area contributed by atoms with E-state index in [2.05, 4.69) is 10.6 Å². The minimum absolute atomic E-state index is 0.129. The summed E-state index contributed by atoms with van der Waals surface area (Å²) < 4.78 is 5.11. The molecule has 2 aromatic rings. The number of carbonyl (C=O) groups is 3. The second kappa shape index (κ2) is 10.9. The molecule has 8 heteroatoms. The van der Waals surface area contributed by atoms with Crippen molar-refractivity contribution in [2.45, 2.75) is 26.9 Å². The van der Waals surface area contributed by atoms with Crippen LogP contribution in [0.3, 0.4) is 0 Å². The van der Waals surface area contributed by atoms with Gasteiger partial charge in [-0.15, -0.1) is 11.8 Å². The monoisotopic (exact) mass is 434 g/mol. The van der Waals surface area contributed by atoms with E-state index in [4.69, 9.17) is 16.3 Å². The Kier molecular flexibility index (Phi) is 8.54. The molecule has 0 bridgehead atoms. The number of hydrogen-bond acceptors (Lipinski definition) is 5. The Morgan fingerprint density at radius 2 is 1.62 bits per heavy atom. The molecule has 0 aliphatic carbocycles. The third-order valence-corrected chi connectivity index (χ3v) is 4.84. The fourth-order valence-electron chi connectivity index (χ4n) is 2.36. The molecule has 154 valence electrons. The van der Waals surface area contributed by atoms with E-state index in [1.54, 1.807) is 56.3 Å². The number of amides is 2. The van der Waals surface area contributed by atoms with Crippen LogP contribution in [0.15, 0.2) is 42.5 Å². The summed E-state index contributed by atoms with van der Waals surface area (Å²) in [5, 5.41) is 6.13. The summed E-state index contributed by atoms with van der Waals surface area (Å²) in [7, 11) is 0. The van der Waals surface area contributed by atoms with E-state index in [-0.39, 0.29) is 29.4 Å². The highest BCUT2D eigenvalue weighted by Gasteiger charge is 2.11. The van der Waals surface area contributed by atoms with Gasteiger partial charge >= 0.3 is 5.97 Å². The first-order valence-corrected chi connectivity index (χ1v) is 10.5. The van der Waals surface area contributed by atoms with Gasteiger partial charge in [0.2, 0.25) is 11.8 Å². The number of thioether (sulfide) groups is 1. The summed E-state index contributed by atoms with van der Waals surface area (Å²) in [5.74, 6) is -0.556. The molecule has 2 aromatic carbocycles. The number of esters is 1. The summed E-state index contributed by atoms with van der Waals surface area (Å²) in [6, 6.07) is 11.7. The number of ether oxygens (including phenoxy) is 1. The number of aryl methyl sites for hydroxylation is 1. The number of hydrogen-bond donors (Lipinski definition) is 2. The van der Waals surface area contributed by atoms with Crippen molar-refractivity contribution in [3.05, 3.63) is 58.6 Å². The third-order valence-electron chi connectivity index (χ3n) is 3.68. The van der Waals surface area contributed by atoms with E-state index in [0.29, 0.717) is 22.0 Å². The van der Waals surface area contributed by atoms with Gasteiger partial charge in [-0.1, -0.05) is 11.6 Å². The normalized spacial score (nSPS) is 10.5. The number of nitrogens with one attached hydrogen (secondary N) is 2. The molecule has 2 amide bonds. The molecule has 2 rings (SSSR count). The molecule has 0 aliphatic rings. The molecule has 0 spiro atoms. The minimum Gasteiger partial charge on any atom is -0.459 e. The van der Waals surface area contributed by atoms with Crippen molar-refractivity contribution in [1.82, 2.24) is 0 Å². The maximum absolute atomic E-state index is 12.0. The Hall–Kier alpha value is -2.51. The van der Waals surface area contributed by atoms with Crippen molar-refractivity contribution in [3.8, 4) is 0 Å². The topological polar surface area (TPSA) is 84.5 Å². The standard InChI is InChI=1S/C21H23ClN2O4S/c1-13(2)28-21(27)15-4-7-17(8-5-15)23-19(25)11-29-12-20(26)24-18-9-6-16(22)10-14(18)3/h4-10,13H,11-12H2,1-3H3,(H,23,25)(H,24,26). The van der Waals surface area contributed by atoms with E-state index in [9.17, 15) is 14.4 Å². The van der Waals surface area contributed by atoms with Crippen molar-refractivity contribution >= 4 is 52.5 Å². The summed E-state index contributed by atoms with van der Waals surface area (Å²) in [4.78, 5) is 35.9. The van der Waals surface area contributed by atoms with E-state index >= 15 is 0 Å². The number of halogens is 1. The van der Waals surface area contributed by atoms with Crippen molar-refractivity contribution < 1.29 is 19.1 Å². The molecule has 2 N–H and O–H groups in total. The highest BCUT2D eigenvalue weighted by molar-refractivity contribution is 8.00. The molecule has 0 saturated heterocycles. The summed E-state index contributed by atoms with van der Waals surface area (Å²) in [5.41, 5.74) is 2.55. The molecule has 0 aliphatic heterocycles. The van der Waals surface area contributed by atoms with Crippen LogP contribution in [-0.4, -0.2) is 35.4 Å². The third kappa shape index (κ3) is 7.79. The first kappa shape index (κ1) is 22.8. The molecule has 0 aromatic heterocycles. The van der Waals surface area contributed by atoms with Crippen LogP contribution in [0.25, 0.3) is 0 Å². The Bertz CT molecular complexity index is 885. The van der Waals surface area contributed by atoms with Gasteiger partial charge in [-0.2, -0.15) is 0 Å². The fourth-order valence-corrected chi connectivity index (χ4v) is 3.20. The van der Waals surface area contributed by atoms with E-state index in [0.717, 1.165) is 5.56 Å². The highest BCUT2D eigenvalue weighted by atomic mass is 35.5. The van der Waals surface area contributed by atoms with Gasteiger partial charge in [0.25, 0.3) is 0 Å². The SMILES string of the molecule is Cc1cc(Cl)ccc1NC(=O)CSCC(=O)Nc1ccc(C(=O)OC(C)C)cc1. The van der Waals surface area contributed by atoms with Gasteiger partial charge in [0.1, 0.15) is 0 Å². The van der Waals surface area contributed by atoms with Crippen molar-refractivity contribution in [2.75, 3.05) is 22.1 Å². The quantitative estimate of drug-likeness (QED) is 0.596. The number of carbonyl (C=O) groups excluding carboxylic acids is 3. The summed E-state index contributed by atoms with van der Waals surface area (Å²) >= 11 is 7.11. The number of benzene rings is 2. The smallest absolute Gasteiger partial charge is 0.338 e. The molecule has 0 fully saturated rings. The first-order chi connectivity index (χ1) is 13.7. The number of anilines is 2. The van der Waals surface area contributed by atoms with Crippen LogP contribution < -0.4 is 10.6 Å². The Morgan fingerprint density at radius 1 is 1.00 bits per heavy atom. The zero-order valence-corrected chi connectivity index (χ0v) is 18.0. The largest absolute Gasteiger partial charge is 0.459 e. The second-order valence-electron chi connectivity index (χ2n) is 6.58. The molecule has 0 radical (unpaired) electrons. The maximum atomic E-state index is 12.0. The molecular formula is C21H23ClN2O4S. The fraction of sp³-hybridized carbons (Fsp3) is 0.286. The zero-order valence-electron chi connectivity index (χ0n) is 16.5. The van der Waals surface area contributed by atoms with E-state index < -0.39 is 5.97 Å². The van der Waals surface area contributed by atoms with Crippen molar-refractivity contribution in [2.24, 2.45) is 0 Å². The molecule has 6 nitrogen and oxygen atoms in total. The van der Waals surface area contributed by atoms with E-state index in [1.165, 1.54) is 11.8 Å². The predicted molar refractivity (Wildman–Crippen MR) is 118 cm³/mol. The van der Waals surface area contributed by atoms with Gasteiger partial charge in [-0.05, 0) is 68.8 Å². The molecule has 0 heterocycles. The maximum Gasteiger partial charge on any atom is 0.338 e. The van der Waals surface area contributed by atoms with Crippen LogP contribution in [0.5, 0.6) is 0 Å². The molecule has 29 heavy (non-hydrogen) atoms. The first-order valence-electron chi connectivity index (χ1n) is 8.99. The lowest BCUT2D eigenvalue weighted by Crippen LogP contribution is -2.19. The molecule has 0 atom stereocenters. The second-order valence-corrected chi connectivity index (χ2v) is 8.00. The predicted octanol–water partition coefficient (Wildman–Crippen LogP) is 4.52. The van der Waals surface area contributed by atoms with Gasteiger partial charge in [0.15, 0.2) is 0 Å². The van der Waals surface area contributed by atoms with Crippen molar-refractivity contribution in [1.29, 1.82) is 0 Å². The zero-order chi connectivity index (χ0) is 21.4. The van der Waals surface area contributed by atoms with Gasteiger partial charge in [0, 0.05) is 16.4 Å². The van der Waals surface area contributed by atoms with Crippen LogP contribution in [0.2, 0.25) is 5.02 Å². The van der Waals surface area contributed by atoms with Crippen molar-refractivity contribution in [3.63, 3.8) is 0 Å². The van der Waals surface area contributed by atoms with Crippen LogP contribution in [0.1, 0.15) is 29.8 Å². The lowest BCUT2D eigenvalue weighted by atomic mass is 10.2. The average Bonchev–Trinajstić information content (AvgIpc) is 2.64. The van der Waals surface area contributed by atoms with Crippen LogP contribution in [-0.2, 0) is 14.3 Å². The molecule has 0 unspecified atom stereocenters. The summed E-state index contributed by atoms with van der Waals surface area (Å²) in [6.45, 7) is 5.41. The average molecular weight is 435 g/mol. The van der Waals surface area contributed by atoms with Gasteiger partial charge in [-0.3, -0.25) is 9.59 Å². The van der Waals surface area contributed by atoms with Gasteiger partial charge < -0.3 is 15.4 Å². The minimum atomic E-state index is -0.407. The lowest BCUT2D eigenvalue weighted by Gasteiger charge is -2.10. The Morgan fingerprint density at radius 3 is 2.21 bits per heavy atom. The van der Waals surface area contributed by atoms with Gasteiger partial charge in [0.05, 0.1) is 23.2 Å². The Balaban J connectivity index is 1.75. The van der Waals surface area contributed by atoms with Crippen LogP contribution >= 0.6 is 23.4 Å². The summed E-state index contributed by atoms with van der Waals surface area (Å²) in [6.07, 6.45) is -0.195. The molecule has 0 saturated carbocycles. The van der Waals surface area contributed by atoms with E-state index in [1.807, 2.05) is 6.92 Å². The lowest BCUT2D eigenvalue weighted by molar-refractivity contribution is -0.114. The van der Waals surface area contributed by atoms with Crippen LogP contribution in [0, 0.1) is 6.92 Å². The number of rotatable bonds is 8. The highest BCUT2D eigenvalue weighted by Crippen LogP contribution is 2.20. The van der Waals surface area contributed by atoms with Crippen LogP contribution in [0.4, 0.5) is 11.4 Å². The van der Waals surface area contributed by atoms with Gasteiger partial charge in [-0.25, -0.2) is 4.79 Å².